The molecule has 2 nitrogen and oxygen atoms in total. The molecule has 0 spiro atoms. The number of fused-ring (bicyclic) bond motifs is 3. The zero-order chi connectivity index (χ0) is 11.9. The summed E-state index contributed by atoms with van der Waals surface area (Å²) in [6.45, 7) is 0. The molecule has 0 saturated heterocycles. The Hall–Kier alpha value is -2.09. The molecule has 84 valence electrons. The minimum atomic E-state index is -0.983. The Kier molecular flexibility index (Phi) is 2.05. The summed E-state index contributed by atoms with van der Waals surface area (Å²) in [7, 11) is 0. The smallest absolute Gasteiger partial charge is 0.322 e. The monoisotopic (exact) mass is 224 g/mol. The number of carboxylic acid groups (broad SMARTS) is 1. The van der Waals surface area contributed by atoms with Gasteiger partial charge in [-0.1, -0.05) is 54.6 Å². The molecule has 1 atom stereocenters. The number of allylic oxidation sites excluding steroid dienone is 3. The highest BCUT2D eigenvalue weighted by Gasteiger charge is 2.44. The number of carbonyl (C=O) groups is 1. The summed E-state index contributed by atoms with van der Waals surface area (Å²) in [5.74, 6) is -0.809. The largest absolute Gasteiger partial charge is 0.480 e. The Labute approximate surface area is 99.6 Å². The van der Waals surface area contributed by atoms with Gasteiger partial charge in [0, 0.05) is 0 Å². The highest BCUT2D eigenvalue weighted by Crippen LogP contribution is 2.43. The summed E-state index contributed by atoms with van der Waals surface area (Å²) in [5.41, 5.74) is 1.73. The molecule has 2 aliphatic carbocycles. The van der Waals surface area contributed by atoms with Crippen LogP contribution in [-0.2, 0) is 10.2 Å². The molecule has 2 aliphatic rings. The van der Waals surface area contributed by atoms with Crippen LogP contribution in [0.4, 0.5) is 0 Å². The maximum Gasteiger partial charge on any atom is 0.322 e. The molecule has 0 aromatic heterocycles. The molecule has 17 heavy (non-hydrogen) atoms. The van der Waals surface area contributed by atoms with E-state index in [0.29, 0.717) is 0 Å². The molecule has 0 fully saturated rings. The summed E-state index contributed by atoms with van der Waals surface area (Å²) in [6, 6.07) is 7.68. The van der Waals surface area contributed by atoms with Gasteiger partial charge in [0.2, 0.25) is 0 Å². The molecule has 2 heteroatoms. The lowest BCUT2D eigenvalue weighted by molar-refractivity contribution is -0.140. The molecule has 1 unspecified atom stereocenters. The lowest BCUT2D eigenvalue weighted by atomic mass is 9.67. The van der Waals surface area contributed by atoms with Crippen LogP contribution < -0.4 is 0 Å². The van der Waals surface area contributed by atoms with Crippen LogP contribution in [0.1, 0.15) is 17.5 Å². The summed E-state index contributed by atoms with van der Waals surface area (Å²) in [4.78, 5) is 11.7. The van der Waals surface area contributed by atoms with Gasteiger partial charge in [0.15, 0.2) is 0 Å². The fourth-order valence-electron chi connectivity index (χ4n) is 2.63. The van der Waals surface area contributed by atoms with E-state index >= 15 is 0 Å². The molecule has 0 bridgehead atoms. The van der Waals surface area contributed by atoms with E-state index < -0.39 is 11.4 Å². The van der Waals surface area contributed by atoms with E-state index in [1.807, 2.05) is 54.6 Å². The van der Waals surface area contributed by atoms with Crippen molar-refractivity contribution in [2.75, 3.05) is 0 Å². The average molecular weight is 224 g/mol. The van der Waals surface area contributed by atoms with E-state index in [1.54, 1.807) is 0 Å². The Bertz CT molecular complexity index is 578. The third kappa shape index (κ3) is 1.24. The Balaban J connectivity index is 2.34. The number of aliphatic carboxylic acids is 1. The fraction of sp³-hybridized carbons (Fsp3) is 0.133. The van der Waals surface area contributed by atoms with Crippen molar-refractivity contribution in [3.63, 3.8) is 0 Å². The van der Waals surface area contributed by atoms with Crippen molar-refractivity contribution in [2.24, 2.45) is 0 Å². The van der Waals surface area contributed by atoms with Gasteiger partial charge < -0.3 is 5.11 Å². The third-order valence-electron chi connectivity index (χ3n) is 3.46. The highest BCUT2D eigenvalue weighted by molar-refractivity contribution is 5.93. The van der Waals surface area contributed by atoms with Gasteiger partial charge in [-0.25, -0.2) is 0 Å². The quantitative estimate of drug-likeness (QED) is 0.745. The first kappa shape index (κ1) is 10.1. The molecule has 1 aromatic rings. The molecular formula is C15H12O2. The SMILES string of the molecule is O=C(O)C12C=CCC=C1C=Cc1ccccc12. The van der Waals surface area contributed by atoms with Crippen molar-refractivity contribution >= 4 is 12.0 Å². The summed E-state index contributed by atoms with van der Waals surface area (Å²) >= 11 is 0. The number of carboxylic acids is 1. The van der Waals surface area contributed by atoms with E-state index in [4.69, 9.17) is 0 Å². The van der Waals surface area contributed by atoms with Crippen molar-refractivity contribution < 1.29 is 9.90 Å². The lowest BCUT2D eigenvalue weighted by Crippen LogP contribution is -2.38. The van der Waals surface area contributed by atoms with Gasteiger partial charge >= 0.3 is 5.97 Å². The molecular weight excluding hydrogens is 212 g/mol. The number of hydrogen-bond acceptors (Lipinski definition) is 1. The van der Waals surface area contributed by atoms with Crippen LogP contribution >= 0.6 is 0 Å². The predicted molar refractivity (Wildman–Crippen MR) is 66.6 cm³/mol. The summed E-state index contributed by atoms with van der Waals surface area (Å²) in [5, 5.41) is 9.64. The molecule has 0 radical (unpaired) electrons. The van der Waals surface area contributed by atoms with E-state index in [2.05, 4.69) is 0 Å². The topological polar surface area (TPSA) is 37.3 Å². The molecule has 1 aromatic carbocycles. The second-order valence-corrected chi connectivity index (χ2v) is 4.33. The number of benzene rings is 1. The highest BCUT2D eigenvalue weighted by atomic mass is 16.4. The zero-order valence-electron chi connectivity index (χ0n) is 9.26. The summed E-state index contributed by atoms with van der Waals surface area (Å²) in [6.07, 6.45) is 10.4. The van der Waals surface area contributed by atoms with E-state index in [0.717, 1.165) is 23.1 Å². The minimum Gasteiger partial charge on any atom is -0.480 e. The lowest BCUT2D eigenvalue weighted by Gasteiger charge is -2.34. The molecule has 0 heterocycles. The maximum atomic E-state index is 11.7. The second kappa shape index (κ2) is 3.45. The fourth-order valence-corrected chi connectivity index (χ4v) is 2.63. The van der Waals surface area contributed by atoms with Gasteiger partial charge in [0.1, 0.15) is 5.41 Å². The number of rotatable bonds is 1. The van der Waals surface area contributed by atoms with Crippen molar-refractivity contribution in [3.05, 3.63) is 65.3 Å². The molecule has 0 aliphatic heterocycles. The van der Waals surface area contributed by atoms with Crippen molar-refractivity contribution in [3.8, 4) is 0 Å². The molecule has 0 saturated carbocycles. The minimum absolute atomic E-state index is 0.802. The van der Waals surface area contributed by atoms with Crippen molar-refractivity contribution in [2.45, 2.75) is 11.8 Å². The van der Waals surface area contributed by atoms with Crippen molar-refractivity contribution in [1.29, 1.82) is 0 Å². The molecule has 1 N–H and O–H groups in total. The third-order valence-corrected chi connectivity index (χ3v) is 3.46. The molecule has 0 amide bonds. The van der Waals surface area contributed by atoms with Crippen LogP contribution in [-0.4, -0.2) is 11.1 Å². The first-order chi connectivity index (χ1) is 8.25. The Morgan fingerprint density at radius 1 is 1.24 bits per heavy atom. The summed E-state index contributed by atoms with van der Waals surface area (Å²) < 4.78 is 0. The van der Waals surface area contributed by atoms with Gasteiger partial charge in [-0.05, 0) is 23.1 Å². The van der Waals surface area contributed by atoms with Gasteiger partial charge in [-0.2, -0.15) is 0 Å². The normalized spacial score (nSPS) is 24.8. The van der Waals surface area contributed by atoms with Crippen molar-refractivity contribution in [1.82, 2.24) is 0 Å². The van der Waals surface area contributed by atoms with Crippen LogP contribution in [0.25, 0.3) is 6.08 Å². The number of hydrogen-bond donors (Lipinski definition) is 1. The Morgan fingerprint density at radius 3 is 2.88 bits per heavy atom. The van der Waals surface area contributed by atoms with Crippen LogP contribution in [0.2, 0.25) is 0 Å². The van der Waals surface area contributed by atoms with Crippen LogP contribution in [0.3, 0.4) is 0 Å². The second-order valence-electron chi connectivity index (χ2n) is 4.33. The van der Waals surface area contributed by atoms with Gasteiger partial charge in [-0.3, -0.25) is 4.79 Å². The van der Waals surface area contributed by atoms with E-state index in [9.17, 15) is 9.90 Å². The van der Waals surface area contributed by atoms with E-state index in [1.165, 1.54) is 0 Å². The van der Waals surface area contributed by atoms with Gasteiger partial charge in [0.25, 0.3) is 0 Å². The Morgan fingerprint density at radius 2 is 2.06 bits per heavy atom. The predicted octanol–water partition coefficient (Wildman–Crippen LogP) is 2.92. The molecule has 3 rings (SSSR count). The maximum absolute atomic E-state index is 11.7. The van der Waals surface area contributed by atoms with Crippen LogP contribution in [0, 0.1) is 0 Å². The average Bonchev–Trinajstić information content (AvgIpc) is 2.38. The van der Waals surface area contributed by atoms with Gasteiger partial charge in [0.05, 0.1) is 0 Å². The van der Waals surface area contributed by atoms with Crippen LogP contribution in [0.15, 0.2) is 54.1 Å². The standard InChI is InChI=1S/C15H12O2/c16-14(17)15-10-4-3-6-12(15)9-8-11-5-1-2-7-13(11)15/h1-2,4-10H,3H2,(H,16,17). The zero-order valence-corrected chi connectivity index (χ0v) is 9.26. The first-order valence-corrected chi connectivity index (χ1v) is 5.64. The van der Waals surface area contributed by atoms with E-state index in [-0.39, 0.29) is 0 Å². The van der Waals surface area contributed by atoms with Crippen LogP contribution in [0.5, 0.6) is 0 Å². The van der Waals surface area contributed by atoms with Gasteiger partial charge in [-0.15, -0.1) is 0 Å². The first-order valence-electron chi connectivity index (χ1n) is 5.64.